The number of amides is 2. The van der Waals surface area contributed by atoms with E-state index >= 15 is 0 Å². The first-order valence-electron chi connectivity index (χ1n) is 12.8. The Balaban J connectivity index is 2.09. The van der Waals surface area contributed by atoms with Gasteiger partial charge in [0.1, 0.15) is 18.3 Å². The van der Waals surface area contributed by atoms with Crippen LogP contribution < -0.4 is 14.4 Å². The Hall–Kier alpha value is -3.85. The molecule has 0 aliphatic rings. The van der Waals surface area contributed by atoms with Gasteiger partial charge in [-0.1, -0.05) is 53.6 Å². The largest absolute Gasteiger partial charge is 0.495 e. The van der Waals surface area contributed by atoms with E-state index in [0.717, 1.165) is 26.6 Å². The average Bonchev–Trinajstić information content (AvgIpc) is 2.91. The molecule has 0 saturated heterocycles. The van der Waals surface area contributed by atoms with Gasteiger partial charge in [-0.2, -0.15) is 0 Å². The molecule has 3 aromatic rings. The Bertz CT molecular complexity index is 1400. The highest BCUT2D eigenvalue weighted by Crippen LogP contribution is 2.33. The van der Waals surface area contributed by atoms with Crippen molar-refractivity contribution >= 4 is 27.5 Å². The number of aryl methyl sites for hydroxylation is 3. The minimum Gasteiger partial charge on any atom is -0.495 e. The van der Waals surface area contributed by atoms with Crippen LogP contribution >= 0.6 is 0 Å². The van der Waals surface area contributed by atoms with Gasteiger partial charge < -0.3 is 15.0 Å². The number of benzene rings is 3. The second kappa shape index (κ2) is 12.8. The molecule has 8 nitrogen and oxygen atoms in total. The molecule has 0 aromatic heterocycles. The molecule has 0 aliphatic carbocycles. The standard InChI is InChI=1S/C30H37N3O5S/c1-7-31-30(35)24(5)32(19-25-13-8-21(2)9-14-25)29(34)20-33(27-18-23(4)12-17-28(27)38-6)39(36,37)26-15-10-22(3)11-16-26/h8-18,24H,7,19-20H2,1-6H3,(H,31,35)/t24-/m1/s1. The lowest BCUT2D eigenvalue weighted by atomic mass is 10.1. The topological polar surface area (TPSA) is 96.0 Å². The van der Waals surface area contributed by atoms with Crippen LogP contribution in [0.5, 0.6) is 5.75 Å². The van der Waals surface area contributed by atoms with Crippen LogP contribution in [-0.4, -0.2) is 51.4 Å². The summed E-state index contributed by atoms with van der Waals surface area (Å²) >= 11 is 0. The number of carbonyl (C=O) groups excluding carboxylic acids is 2. The minimum absolute atomic E-state index is 0.0475. The minimum atomic E-state index is -4.18. The number of likely N-dealkylation sites (N-methyl/N-ethyl adjacent to an activating group) is 1. The zero-order chi connectivity index (χ0) is 28.7. The first-order chi connectivity index (χ1) is 18.5. The lowest BCUT2D eigenvalue weighted by Gasteiger charge is -2.32. The second-order valence-electron chi connectivity index (χ2n) is 9.58. The van der Waals surface area contributed by atoms with Crippen molar-refractivity contribution in [3.05, 3.63) is 89.0 Å². The molecule has 0 radical (unpaired) electrons. The fourth-order valence-corrected chi connectivity index (χ4v) is 5.56. The number of nitrogens with one attached hydrogen (secondary N) is 1. The maximum Gasteiger partial charge on any atom is 0.264 e. The van der Waals surface area contributed by atoms with E-state index in [4.69, 9.17) is 4.74 Å². The number of ether oxygens (including phenoxy) is 1. The van der Waals surface area contributed by atoms with Crippen LogP contribution in [0.25, 0.3) is 0 Å². The molecule has 2 amide bonds. The molecule has 3 rings (SSSR count). The molecule has 0 spiro atoms. The summed E-state index contributed by atoms with van der Waals surface area (Å²) in [4.78, 5) is 28.3. The van der Waals surface area contributed by atoms with E-state index in [2.05, 4.69) is 5.32 Å². The number of anilines is 1. The molecule has 0 aliphatic heterocycles. The van der Waals surface area contributed by atoms with Gasteiger partial charge in [0.25, 0.3) is 10.0 Å². The Morgan fingerprint density at radius 1 is 0.897 bits per heavy atom. The summed E-state index contributed by atoms with van der Waals surface area (Å²) in [6.07, 6.45) is 0. The summed E-state index contributed by atoms with van der Waals surface area (Å²) in [5, 5.41) is 2.76. The summed E-state index contributed by atoms with van der Waals surface area (Å²) in [5.41, 5.74) is 3.84. The third-order valence-corrected chi connectivity index (χ3v) is 8.26. The number of carbonyl (C=O) groups is 2. The first-order valence-corrected chi connectivity index (χ1v) is 14.3. The molecule has 1 atom stereocenters. The van der Waals surface area contributed by atoms with Crippen LogP contribution in [0.2, 0.25) is 0 Å². The fraction of sp³-hybridized carbons (Fsp3) is 0.333. The molecular formula is C30H37N3O5S. The van der Waals surface area contributed by atoms with Crippen molar-refractivity contribution in [3.63, 3.8) is 0 Å². The van der Waals surface area contributed by atoms with Gasteiger partial charge in [0.15, 0.2) is 0 Å². The molecule has 0 fully saturated rings. The number of hydrogen-bond donors (Lipinski definition) is 1. The highest BCUT2D eigenvalue weighted by molar-refractivity contribution is 7.92. The molecule has 0 saturated carbocycles. The smallest absolute Gasteiger partial charge is 0.264 e. The van der Waals surface area contributed by atoms with Crippen LogP contribution in [-0.2, 0) is 26.2 Å². The third-order valence-electron chi connectivity index (χ3n) is 6.48. The molecule has 1 N–H and O–H groups in total. The maximum absolute atomic E-state index is 14.0. The van der Waals surface area contributed by atoms with Crippen LogP contribution in [0, 0.1) is 20.8 Å². The van der Waals surface area contributed by atoms with E-state index < -0.39 is 28.5 Å². The maximum atomic E-state index is 14.0. The molecule has 9 heteroatoms. The highest BCUT2D eigenvalue weighted by atomic mass is 32.2. The lowest BCUT2D eigenvalue weighted by molar-refractivity contribution is -0.139. The van der Waals surface area contributed by atoms with Crippen molar-refractivity contribution in [2.24, 2.45) is 0 Å². The number of sulfonamides is 1. The van der Waals surface area contributed by atoms with Gasteiger partial charge in [0.05, 0.1) is 17.7 Å². The van der Waals surface area contributed by atoms with E-state index in [0.29, 0.717) is 12.3 Å². The van der Waals surface area contributed by atoms with Gasteiger partial charge >= 0.3 is 0 Å². The molecule has 208 valence electrons. The summed E-state index contributed by atoms with van der Waals surface area (Å²) in [6, 6.07) is 18.4. The zero-order valence-electron chi connectivity index (χ0n) is 23.4. The number of methoxy groups -OCH3 is 1. The van der Waals surface area contributed by atoms with E-state index in [-0.39, 0.29) is 23.0 Å². The van der Waals surface area contributed by atoms with Crippen molar-refractivity contribution < 1.29 is 22.7 Å². The van der Waals surface area contributed by atoms with E-state index in [9.17, 15) is 18.0 Å². The quantitative estimate of drug-likeness (QED) is 0.382. The average molecular weight is 552 g/mol. The summed E-state index contributed by atoms with van der Waals surface area (Å²) < 4.78 is 34.6. The van der Waals surface area contributed by atoms with Gasteiger partial charge in [0.2, 0.25) is 11.8 Å². The Kier molecular flexibility index (Phi) is 9.75. The predicted octanol–water partition coefficient (Wildman–Crippen LogP) is 4.37. The van der Waals surface area contributed by atoms with E-state index in [1.165, 1.54) is 24.1 Å². The summed E-state index contributed by atoms with van der Waals surface area (Å²) in [5.74, 6) is -0.529. The first kappa shape index (κ1) is 29.7. The van der Waals surface area contributed by atoms with Crippen molar-refractivity contribution in [3.8, 4) is 5.75 Å². The Labute approximate surface area is 231 Å². The normalized spacial score (nSPS) is 11.9. The molecule has 0 heterocycles. The lowest BCUT2D eigenvalue weighted by Crippen LogP contribution is -2.51. The molecule has 0 unspecified atom stereocenters. The van der Waals surface area contributed by atoms with Crippen molar-refractivity contribution in [2.75, 3.05) is 24.5 Å². The molecule has 3 aromatic carbocycles. The summed E-state index contributed by atoms with van der Waals surface area (Å²) in [6.45, 7) is 9.14. The van der Waals surface area contributed by atoms with Crippen LogP contribution in [0.3, 0.4) is 0 Å². The van der Waals surface area contributed by atoms with Crippen LogP contribution in [0.15, 0.2) is 71.6 Å². The van der Waals surface area contributed by atoms with E-state index in [1.54, 1.807) is 38.1 Å². The van der Waals surface area contributed by atoms with Gasteiger partial charge in [-0.3, -0.25) is 13.9 Å². The van der Waals surface area contributed by atoms with Gasteiger partial charge in [-0.25, -0.2) is 8.42 Å². The Morgan fingerprint density at radius 2 is 1.46 bits per heavy atom. The third kappa shape index (κ3) is 7.17. The van der Waals surface area contributed by atoms with Crippen molar-refractivity contribution in [2.45, 2.75) is 52.1 Å². The monoisotopic (exact) mass is 551 g/mol. The van der Waals surface area contributed by atoms with Crippen LogP contribution in [0.4, 0.5) is 5.69 Å². The van der Waals surface area contributed by atoms with Crippen LogP contribution in [0.1, 0.15) is 36.1 Å². The fourth-order valence-electron chi connectivity index (χ4n) is 4.14. The van der Waals surface area contributed by atoms with Gasteiger partial charge in [-0.15, -0.1) is 0 Å². The predicted molar refractivity (Wildman–Crippen MR) is 153 cm³/mol. The molecule has 0 bridgehead atoms. The number of rotatable bonds is 11. The van der Waals surface area contributed by atoms with Gasteiger partial charge in [-0.05, 0) is 70.0 Å². The zero-order valence-corrected chi connectivity index (χ0v) is 24.2. The van der Waals surface area contributed by atoms with Crippen molar-refractivity contribution in [1.29, 1.82) is 0 Å². The van der Waals surface area contributed by atoms with E-state index in [1.807, 2.05) is 51.1 Å². The SMILES string of the molecule is CCNC(=O)[C@@H](C)N(Cc1ccc(C)cc1)C(=O)CN(c1cc(C)ccc1OC)S(=O)(=O)c1ccc(C)cc1. The number of nitrogens with zero attached hydrogens (tertiary/aromatic N) is 2. The molecule has 39 heavy (non-hydrogen) atoms. The second-order valence-corrected chi connectivity index (χ2v) is 11.4. The highest BCUT2D eigenvalue weighted by Gasteiger charge is 2.33. The summed E-state index contributed by atoms with van der Waals surface area (Å²) in [7, 11) is -2.73. The number of hydrogen-bond acceptors (Lipinski definition) is 5. The Morgan fingerprint density at radius 3 is 2.03 bits per heavy atom. The van der Waals surface area contributed by atoms with Gasteiger partial charge in [0, 0.05) is 13.1 Å². The molecular weight excluding hydrogens is 514 g/mol. The van der Waals surface area contributed by atoms with Crippen molar-refractivity contribution in [1.82, 2.24) is 10.2 Å².